The molecule has 3 aromatic carbocycles. The maximum absolute atomic E-state index is 13.0. The normalized spacial score (nSPS) is 11.9. The van der Waals surface area contributed by atoms with E-state index < -0.39 is 10.8 Å². The number of rotatable bonds is 4. The third-order valence-electron chi connectivity index (χ3n) is 3.96. The van der Waals surface area contributed by atoms with Crippen LogP contribution in [0, 0.1) is 5.82 Å². The molecule has 0 N–H and O–H groups in total. The van der Waals surface area contributed by atoms with Crippen LogP contribution in [-0.4, -0.2) is 19.2 Å². The third kappa shape index (κ3) is 3.80. The van der Waals surface area contributed by atoms with E-state index in [9.17, 15) is 8.60 Å². The maximum atomic E-state index is 13.0. The zero-order chi connectivity index (χ0) is 18.6. The molecule has 0 aliphatic rings. The SMILES string of the molecule is O=S(c1ccc(F)cc1)c1ccc(-c2ncnc(-c3ccccc3)n2)cc1. The summed E-state index contributed by atoms with van der Waals surface area (Å²) >= 11 is 0. The number of nitrogens with zero attached hydrogens (tertiary/aromatic N) is 3. The van der Waals surface area contributed by atoms with E-state index in [1.807, 2.05) is 42.5 Å². The summed E-state index contributed by atoms with van der Waals surface area (Å²) in [4.78, 5) is 14.2. The van der Waals surface area contributed by atoms with Crippen LogP contribution in [0.25, 0.3) is 22.8 Å². The molecule has 4 nitrogen and oxygen atoms in total. The van der Waals surface area contributed by atoms with Gasteiger partial charge in [0.05, 0.1) is 10.8 Å². The van der Waals surface area contributed by atoms with Crippen LogP contribution < -0.4 is 0 Å². The van der Waals surface area contributed by atoms with Crippen molar-refractivity contribution in [2.75, 3.05) is 0 Å². The Hall–Kier alpha value is -3.25. The van der Waals surface area contributed by atoms with Crippen LogP contribution in [0.15, 0.2) is 95.0 Å². The van der Waals surface area contributed by atoms with Crippen molar-refractivity contribution >= 4 is 10.8 Å². The number of benzene rings is 3. The molecule has 0 spiro atoms. The van der Waals surface area contributed by atoms with Crippen molar-refractivity contribution in [3.8, 4) is 22.8 Å². The van der Waals surface area contributed by atoms with Gasteiger partial charge in [0.15, 0.2) is 11.6 Å². The van der Waals surface area contributed by atoms with Crippen LogP contribution in [0.5, 0.6) is 0 Å². The van der Waals surface area contributed by atoms with Crippen molar-refractivity contribution in [2.24, 2.45) is 0 Å². The molecule has 0 fully saturated rings. The van der Waals surface area contributed by atoms with Gasteiger partial charge in [-0.1, -0.05) is 30.3 Å². The molecule has 27 heavy (non-hydrogen) atoms. The van der Waals surface area contributed by atoms with Crippen LogP contribution in [0.3, 0.4) is 0 Å². The number of hydrogen-bond donors (Lipinski definition) is 0. The molecule has 0 amide bonds. The van der Waals surface area contributed by atoms with Gasteiger partial charge in [0.1, 0.15) is 12.1 Å². The molecule has 0 saturated heterocycles. The fraction of sp³-hybridized carbons (Fsp3) is 0. The second kappa shape index (κ2) is 7.55. The molecule has 132 valence electrons. The van der Waals surface area contributed by atoms with Gasteiger partial charge in [0, 0.05) is 20.9 Å². The van der Waals surface area contributed by atoms with Gasteiger partial charge in [-0.05, 0) is 48.5 Å². The van der Waals surface area contributed by atoms with Gasteiger partial charge in [-0.15, -0.1) is 0 Å². The second-order valence-electron chi connectivity index (χ2n) is 5.75. The van der Waals surface area contributed by atoms with Crippen molar-refractivity contribution in [3.05, 3.63) is 91.0 Å². The Balaban J connectivity index is 1.61. The first-order chi connectivity index (χ1) is 13.2. The summed E-state index contributed by atoms with van der Waals surface area (Å²) in [6.45, 7) is 0. The first-order valence-corrected chi connectivity index (χ1v) is 9.38. The Morgan fingerprint density at radius 1 is 0.667 bits per heavy atom. The van der Waals surface area contributed by atoms with Crippen LogP contribution in [0.1, 0.15) is 0 Å². The summed E-state index contributed by atoms with van der Waals surface area (Å²) in [5, 5.41) is 0. The van der Waals surface area contributed by atoms with Crippen molar-refractivity contribution in [1.82, 2.24) is 15.0 Å². The third-order valence-corrected chi connectivity index (χ3v) is 5.36. The van der Waals surface area contributed by atoms with Gasteiger partial charge in [-0.2, -0.15) is 0 Å². The predicted octanol–water partition coefficient (Wildman–Crippen LogP) is 4.51. The smallest absolute Gasteiger partial charge is 0.163 e. The molecule has 1 heterocycles. The minimum atomic E-state index is -1.37. The minimum Gasteiger partial charge on any atom is -0.249 e. The van der Waals surface area contributed by atoms with E-state index in [1.165, 1.54) is 30.6 Å². The van der Waals surface area contributed by atoms with Crippen LogP contribution in [0.2, 0.25) is 0 Å². The lowest BCUT2D eigenvalue weighted by atomic mass is 10.2. The van der Waals surface area contributed by atoms with E-state index in [4.69, 9.17) is 0 Å². The Kier molecular flexibility index (Phi) is 4.80. The summed E-state index contributed by atoms with van der Waals surface area (Å²) in [5.74, 6) is 0.790. The average molecular weight is 375 g/mol. The molecular weight excluding hydrogens is 361 g/mol. The Bertz CT molecular complexity index is 1080. The van der Waals surface area contributed by atoms with Crippen molar-refractivity contribution in [3.63, 3.8) is 0 Å². The topological polar surface area (TPSA) is 55.7 Å². The highest BCUT2D eigenvalue weighted by atomic mass is 32.2. The highest BCUT2D eigenvalue weighted by Crippen LogP contribution is 2.22. The quantitative estimate of drug-likeness (QED) is 0.527. The highest BCUT2D eigenvalue weighted by Gasteiger charge is 2.10. The van der Waals surface area contributed by atoms with Gasteiger partial charge < -0.3 is 0 Å². The first-order valence-electron chi connectivity index (χ1n) is 8.23. The largest absolute Gasteiger partial charge is 0.249 e. The zero-order valence-electron chi connectivity index (χ0n) is 14.1. The van der Waals surface area contributed by atoms with Crippen LogP contribution in [0.4, 0.5) is 4.39 Å². The van der Waals surface area contributed by atoms with Gasteiger partial charge in [0.2, 0.25) is 0 Å². The zero-order valence-corrected chi connectivity index (χ0v) is 14.9. The molecule has 0 aliphatic heterocycles. The first kappa shape index (κ1) is 17.2. The number of aromatic nitrogens is 3. The standard InChI is InChI=1S/C21H14FN3OS/c22-17-8-12-19(13-9-17)27(26)18-10-6-16(7-11-18)21-24-14-23-20(25-21)15-4-2-1-3-5-15/h1-14H. The minimum absolute atomic E-state index is 0.352. The Morgan fingerprint density at radius 2 is 1.19 bits per heavy atom. The number of halogens is 1. The molecule has 6 heteroatoms. The van der Waals surface area contributed by atoms with Gasteiger partial charge in [0.25, 0.3) is 0 Å². The Morgan fingerprint density at radius 3 is 1.78 bits per heavy atom. The summed E-state index contributed by atoms with van der Waals surface area (Å²) in [6.07, 6.45) is 1.48. The fourth-order valence-electron chi connectivity index (χ4n) is 2.58. The van der Waals surface area contributed by atoms with E-state index in [-0.39, 0.29) is 5.82 Å². The molecule has 1 aromatic heterocycles. The summed E-state index contributed by atoms with van der Waals surface area (Å²) < 4.78 is 25.6. The van der Waals surface area contributed by atoms with Crippen LogP contribution >= 0.6 is 0 Å². The predicted molar refractivity (Wildman–Crippen MR) is 102 cm³/mol. The highest BCUT2D eigenvalue weighted by molar-refractivity contribution is 7.85. The monoisotopic (exact) mass is 375 g/mol. The molecule has 1 unspecified atom stereocenters. The summed E-state index contributed by atoms with van der Waals surface area (Å²) in [6, 6.07) is 22.5. The second-order valence-corrected chi connectivity index (χ2v) is 7.23. The molecule has 0 bridgehead atoms. The van der Waals surface area contributed by atoms with Crippen molar-refractivity contribution < 1.29 is 8.60 Å². The molecule has 0 aliphatic carbocycles. The van der Waals surface area contributed by atoms with E-state index in [2.05, 4.69) is 15.0 Å². The lowest BCUT2D eigenvalue weighted by Gasteiger charge is -2.05. The van der Waals surface area contributed by atoms with Gasteiger partial charge in [-0.25, -0.2) is 23.6 Å². The summed E-state index contributed by atoms with van der Waals surface area (Å²) in [5.41, 5.74) is 1.71. The molecule has 4 aromatic rings. The van der Waals surface area contributed by atoms with E-state index in [1.54, 1.807) is 12.1 Å². The van der Waals surface area contributed by atoms with Crippen molar-refractivity contribution in [1.29, 1.82) is 0 Å². The molecule has 0 radical (unpaired) electrons. The van der Waals surface area contributed by atoms with Crippen LogP contribution in [-0.2, 0) is 10.8 Å². The lowest BCUT2D eigenvalue weighted by Crippen LogP contribution is -1.96. The molecule has 4 rings (SSSR count). The average Bonchev–Trinajstić information content (AvgIpc) is 2.75. The molecular formula is C21H14FN3OS. The van der Waals surface area contributed by atoms with Gasteiger partial charge >= 0.3 is 0 Å². The fourth-order valence-corrected chi connectivity index (χ4v) is 3.62. The van der Waals surface area contributed by atoms with E-state index >= 15 is 0 Å². The van der Waals surface area contributed by atoms with E-state index in [0.29, 0.717) is 21.4 Å². The molecule has 1 atom stereocenters. The van der Waals surface area contributed by atoms with Gasteiger partial charge in [-0.3, -0.25) is 0 Å². The number of hydrogen-bond acceptors (Lipinski definition) is 4. The Labute approximate surface area is 158 Å². The maximum Gasteiger partial charge on any atom is 0.163 e. The van der Waals surface area contributed by atoms with Crippen molar-refractivity contribution in [2.45, 2.75) is 9.79 Å². The van der Waals surface area contributed by atoms with E-state index in [0.717, 1.165) is 11.1 Å². The lowest BCUT2D eigenvalue weighted by molar-refractivity contribution is 0.626. The summed E-state index contributed by atoms with van der Waals surface area (Å²) in [7, 11) is -1.37. The molecule has 0 saturated carbocycles.